The predicted molar refractivity (Wildman–Crippen MR) is 87.1 cm³/mol. The minimum Gasteiger partial charge on any atom is -0.361 e. The fourth-order valence-electron chi connectivity index (χ4n) is 2.91. The Morgan fingerprint density at radius 3 is 2.76 bits per heavy atom. The number of hydrogen-bond donors (Lipinski definition) is 0. The summed E-state index contributed by atoms with van der Waals surface area (Å²) < 4.78 is 6.60. The molecule has 112 valence electrons. The van der Waals surface area contributed by atoms with Crippen LogP contribution in [0.3, 0.4) is 0 Å². The summed E-state index contributed by atoms with van der Waals surface area (Å²) in [7, 11) is 0. The molecule has 2 aromatic rings. The van der Waals surface area contributed by atoms with Crippen LogP contribution in [0.5, 0.6) is 0 Å². The van der Waals surface area contributed by atoms with Crippen LogP contribution in [0.1, 0.15) is 55.7 Å². The van der Waals surface area contributed by atoms with Crippen LogP contribution >= 0.6 is 15.9 Å². The van der Waals surface area contributed by atoms with Gasteiger partial charge in [-0.3, -0.25) is 4.90 Å². The van der Waals surface area contributed by atoms with Crippen LogP contribution in [0.4, 0.5) is 0 Å². The molecule has 0 bridgehead atoms. The molecule has 0 radical (unpaired) electrons. The average molecular weight is 349 g/mol. The number of hydrogen-bond acceptors (Lipinski definition) is 3. The van der Waals surface area contributed by atoms with Crippen LogP contribution in [0, 0.1) is 0 Å². The maximum absolute atomic E-state index is 5.47. The first kappa shape index (κ1) is 14.8. The fourth-order valence-corrected chi connectivity index (χ4v) is 3.17. The van der Waals surface area contributed by atoms with E-state index in [2.05, 4.69) is 70.2 Å². The van der Waals surface area contributed by atoms with E-state index < -0.39 is 0 Å². The van der Waals surface area contributed by atoms with Crippen LogP contribution in [-0.2, 0) is 6.54 Å². The summed E-state index contributed by atoms with van der Waals surface area (Å²) in [6, 6.07) is 11.1. The van der Waals surface area contributed by atoms with Crippen LogP contribution in [-0.4, -0.2) is 16.6 Å². The van der Waals surface area contributed by atoms with Gasteiger partial charge in [-0.2, -0.15) is 0 Å². The fraction of sp³-hybridized carbons (Fsp3) is 0.471. The number of nitrogens with zero attached hydrogens (tertiary/aromatic N) is 2. The summed E-state index contributed by atoms with van der Waals surface area (Å²) in [5.74, 6) is 1.38. The summed E-state index contributed by atoms with van der Waals surface area (Å²) in [5.41, 5.74) is 2.44. The maximum Gasteiger partial charge on any atom is 0.139 e. The predicted octanol–water partition coefficient (Wildman–Crippen LogP) is 4.90. The number of aromatic nitrogens is 1. The topological polar surface area (TPSA) is 29.3 Å². The molecule has 3 rings (SSSR count). The van der Waals surface area contributed by atoms with Crippen molar-refractivity contribution in [3.63, 3.8) is 0 Å². The van der Waals surface area contributed by atoms with Gasteiger partial charge in [0, 0.05) is 23.0 Å². The van der Waals surface area contributed by atoms with Crippen LogP contribution in [0.15, 0.2) is 39.3 Å². The van der Waals surface area contributed by atoms with E-state index in [1.807, 2.05) is 0 Å². The van der Waals surface area contributed by atoms with Gasteiger partial charge in [0.2, 0.25) is 0 Å². The lowest BCUT2D eigenvalue weighted by atomic mass is 10.1. The second-order valence-electron chi connectivity index (χ2n) is 6.06. The van der Waals surface area contributed by atoms with E-state index in [0.717, 1.165) is 29.0 Å². The van der Waals surface area contributed by atoms with Gasteiger partial charge in [0.05, 0.1) is 6.04 Å². The van der Waals surface area contributed by atoms with Gasteiger partial charge in [-0.15, -0.1) is 0 Å². The van der Waals surface area contributed by atoms with E-state index in [1.54, 1.807) is 0 Å². The molecule has 0 unspecified atom stereocenters. The second kappa shape index (κ2) is 6.32. The number of benzene rings is 1. The lowest BCUT2D eigenvalue weighted by molar-refractivity contribution is 0.236. The third-order valence-electron chi connectivity index (χ3n) is 4.12. The Morgan fingerprint density at radius 1 is 1.33 bits per heavy atom. The normalized spacial score (nSPS) is 19.5. The number of likely N-dealkylation sites (tertiary alicyclic amines) is 1. The van der Waals surface area contributed by atoms with Crippen LogP contribution < -0.4 is 0 Å². The molecule has 0 aliphatic carbocycles. The van der Waals surface area contributed by atoms with E-state index in [9.17, 15) is 0 Å². The zero-order chi connectivity index (χ0) is 14.8. The lowest BCUT2D eigenvalue weighted by Crippen LogP contribution is -2.22. The van der Waals surface area contributed by atoms with Crippen molar-refractivity contribution >= 4 is 15.9 Å². The lowest BCUT2D eigenvalue weighted by Gasteiger charge is -2.22. The Bertz CT molecular complexity index is 591. The molecule has 0 N–H and O–H groups in total. The summed E-state index contributed by atoms with van der Waals surface area (Å²) in [4.78, 5) is 2.51. The molecule has 1 aromatic heterocycles. The van der Waals surface area contributed by atoms with Crippen molar-refractivity contribution in [3.05, 3.63) is 51.8 Å². The second-order valence-corrected chi connectivity index (χ2v) is 6.98. The molecule has 2 heterocycles. The minimum atomic E-state index is 0.393. The van der Waals surface area contributed by atoms with E-state index in [0.29, 0.717) is 12.0 Å². The molecule has 1 saturated heterocycles. The van der Waals surface area contributed by atoms with Crippen molar-refractivity contribution in [2.24, 2.45) is 0 Å². The molecule has 0 saturated carbocycles. The molecule has 0 spiro atoms. The molecule has 21 heavy (non-hydrogen) atoms. The van der Waals surface area contributed by atoms with Crippen molar-refractivity contribution in [3.8, 4) is 0 Å². The molecule has 1 fully saturated rings. The number of rotatable bonds is 4. The van der Waals surface area contributed by atoms with Crippen molar-refractivity contribution < 1.29 is 4.52 Å². The molecule has 1 atom stereocenters. The quantitative estimate of drug-likeness (QED) is 0.786. The van der Waals surface area contributed by atoms with E-state index in [1.165, 1.54) is 18.4 Å². The Morgan fingerprint density at radius 2 is 2.10 bits per heavy atom. The van der Waals surface area contributed by atoms with Gasteiger partial charge < -0.3 is 4.52 Å². The van der Waals surface area contributed by atoms with Gasteiger partial charge in [0.1, 0.15) is 11.5 Å². The van der Waals surface area contributed by atoms with Crippen molar-refractivity contribution in [1.82, 2.24) is 10.1 Å². The first-order valence-corrected chi connectivity index (χ1v) is 8.38. The summed E-state index contributed by atoms with van der Waals surface area (Å²) >= 11 is 3.49. The van der Waals surface area contributed by atoms with Gasteiger partial charge in [-0.05, 0) is 37.1 Å². The number of halogens is 1. The zero-order valence-electron chi connectivity index (χ0n) is 12.6. The van der Waals surface area contributed by atoms with Crippen molar-refractivity contribution in [1.29, 1.82) is 0 Å². The summed E-state index contributed by atoms with van der Waals surface area (Å²) in [5, 5.41) is 4.30. The highest BCUT2D eigenvalue weighted by Crippen LogP contribution is 2.33. The van der Waals surface area contributed by atoms with E-state index in [4.69, 9.17) is 4.52 Å². The smallest absolute Gasteiger partial charge is 0.139 e. The summed E-state index contributed by atoms with van der Waals surface area (Å²) in [6.07, 6.45) is 2.39. The van der Waals surface area contributed by atoms with Gasteiger partial charge in [-0.1, -0.05) is 47.1 Å². The SMILES string of the molecule is CC(C)c1cc([C@H]2CCCN2Cc2ccc(Br)cc2)no1. The van der Waals surface area contributed by atoms with Crippen molar-refractivity contribution in [2.45, 2.75) is 45.2 Å². The molecule has 1 aliphatic heterocycles. The molecule has 0 amide bonds. The first-order chi connectivity index (χ1) is 10.1. The van der Waals surface area contributed by atoms with Gasteiger partial charge in [0.25, 0.3) is 0 Å². The third-order valence-corrected chi connectivity index (χ3v) is 4.65. The van der Waals surface area contributed by atoms with Gasteiger partial charge in [0.15, 0.2) is 0 Å². The molecule has 1 aromatic carbocycles. The highest BCUT2D eigenvalue weighted by atomic mass is 79.9. The maximum atomic E-state index is 5.47. The molecular weight excluding hydrogens is 328 g/mol. The Hall–Kier alpha value is -1.13. The van der Waals surface area contributed by atoms with E-state index in [-0.39, 0.29) is 0 Å². The average Bonchev–Trinajstić information content (AvgIpc) is 3.09. The van der Waals surface area contributed by atoms with Gasteiger partial charge in [-0.25, -0.2) is 0 Å². The van der Waals surface area contributed by atoms with Crippen LogP contribution in [0.2, 0.25) is 0 Å². The highest BCUT2D eigenvalue weighted by Gasteiger charge is 2.28. The van der Waals surface area contributed by atoms with Crippen molar-refractivity contribution in [2.75, 3.05) is 6.54 Å². The molecule has 3 nitrogen and oxygen atoms in total. The van der Waals surface area contributed by atoms with E-state index >= 15 is 0 Å². The standard InChI is InChI=1S/C17H21BrN2O/c1-12(2)17-10-15(19-21-17)16-4-3-9-20(16)11-13-5-7-14(18)8-6-13/h5-8,10,12,16H,3-4,9,11H2,1-2H3/t16-/m1/s1. The first-order valence-electron chi connectivity index (χ1n) is 7.58. The Balaban J connectivity index is 1.74. The molecule has 1 aliphatic rings. The minimum absolute atomic E-state index is 0.393. The Kier molecular flexibility index (Phi) is 4.45. The monoisotopic (exact) mass is 348 g/mol. The zero-order valence-corrected chi connectivity index (χ0v) is 14.1. The largest absolute Gasteiger partial charge is 0.361 e. The highest BCUT2D eigenvalue weighted by molar-refractivity contribution is 9.10. The summed E-state index contributed by atoms with van der Waals surface area (Å²) in [6.45, 7) is 6.38. The van der Waals surface area contributed by atoms with Gasteiger partial charge >= 0.3 is 0 Å². The molecular formula is C17H21BrN2O. The Labute approximate surface area is 134 Å². The third kappa shape index (κ3) is 3.38. The van der Waals surface area contributed by atoms with Crippen LogP contribution in [0.25, 0.3) is 0 Å². The molecule has 4 heteroatoms.